The average Bonchev–Trinajstić information content (AvgIpc) is 2.59. The lowest BCUT2D eigenvalue weighted by atomic mass is 9.87. The monoisotopic (exact) mass is 330 g/mol. The van der Waals surface area contributed by atoms with Crippen LogP contribution in [0.2, 0.25) is 0 Å². The fourth-order valence-corrected chi connectivity index (χ4v) is 3.37. The second-order valence-electron chi connectivity index (χ2n) is 7.52. The molecule has 0 N–H and O–H groups in total. The minimum Gasteiger partial charge on any atom is -0.289 e. The van der Waals surface area contributed by atoms with Gasteiger partial charge in [-0.1, -0.05) is 87.9 Å². The molecule has 3 aromatic rings. The molecule has 0 aliphatic heterocycles. The molecule has 0 bridgehead atoms. The highest BCUT2D eigenvalue weighted by Gasteiger charge is 2.18. The zero-order valence-corrected chi connectivity index (χ0v) is 15.8. The van der Waals surface area contributed by atoms with Crippen molar-refractivity contribution in [3.05, 3.63) is 82.4 Å². The van der Waals surface area contributed by atoms with Crippen LogP contribution in [0.1, 0.15) is 72.1 Å². The lowest BCUT2D eigenvalue weighted by Crippen LogP contribution is -2.08. The molecular weight excluding hydrogens is 304 g/mol. The molecule has 0 aromatic heterocycles. The van der Waals surface area contributed by atoms with E-state index in [4.69, 9.17) is 0 Å². The zero-order valence-electron chi connectivity index (χ0n) is 15.8. The van der Waals surface area contributed by atoms with Gasteiger partial charge in [0.1, 0.15) is 0 Å². The first kappa shape index (κ1) is 17.4. The minimum absolute atomic E-state index is 0.119. The molecule has 0 saturated heterocycles. The number of hydrogen-bond acceptors (Lipinski definition) is 1. The van der Waals surface area contributed by atoms with Crippen molar-refractivity contribution in [3.63, 3.8) is 0 Å². The Morgan fingerprint density at radius 3 is 2.24 bits per heavy atom. The Morgan fingerprint density at radius 2 is 1.56 bits per heavy atom. The van der Waals surface area contributed by atoms with E-state index in [1.807, 2.05) is 18.2 Å². The molecule has 3 aromatic carbocycles. The van der Waals surface area contributed by atoms with Crippen LogP contribution in [0.5, 0.6) is 0 Å². The van der Waals surface area contributed by atoms with Crippen molar-refractivity contribution >= 4 is 16.6 Å². The number of fused-ring (bicyclic) bond motifs is 1. The number of hydrogen-bond donors (Lipinski definition) is 0. The van der Waals surface area contributed by atoms with E-state index in [1.165, 1.54) is 11.1 Å². The largest absolute Gasteiger partial charge is 0.289 e. The molecule has 25 heavy (non-hydrogen) atoms. The number of carbonyl (C=O) groups is 1. The topological polar surface area (TPSA) is 17.1 Å². The lowest BCUT2D eigenvalue weighted by molar-refractivity contribution is 0.103. The summed E-state index contributed by atoms with van der Waals surface area (Å²) < 4.78 is 0. The molecule has 0 unspecified atom stereocenters. The van der Waals surface area contributed by atoms with Gasteiger partial charge in [-0.2, -0.15) is 0 Å². The number of benzene rings is 3. The molecule has 0 fully saturated rings. The van der Waals surface area contributed by atoms with E-state index in [9.17, 15) is 4.79 Å². The van der Waals surface area contributed by atoms with Crippen LogP contribution in [0.15, 0.2) is 54.6 Å². The van der Waals surface area contributed by atoms with Crippen LogP contribution < -0.4 is 0 Å². The molecular formula is C24H26O. The summed E-state index contributed by atoms with van der Waals surface area (Å²) in [6.07, 6.45) is 0. The summed E-state index contributed by atoms with van der Waals surface area (Å²) in [4.78, 5) is 13.4. The molecule has 0 atom stereocenters. The third-order valence-electron chi connectivity index (χ3n) is 4.89. The van der Waals surface area contributed by atoms with Crippen LogP contribution in [0.4, 0.5) is 0 Å². The molecule has 0 amide bonds. The Hall–Kier alpha value is -2.41. The molecule has 1 heteroatoms. The summed E-state index contributed by atoms with van der Waals surface area (Å²) in [6.45, 7) is 10.8. The van der Waals surface area contributed by atoms with Crippen molar-refractivity contribution in [1.82, 2.24) is 0 Å². The molecule has 3 rings (SSSR count). The van der Waals surface area contributed by atoms with Gasteiger partial charge in [-0.05, 0) is 40.7 Å². The Morgan fingerprint density at radius 1 is 0.800 bits per heavy atom. The summed E-state index contributed by atoms with van der Waals surface area (Å²) in [5, 5.41) is 2.15. The highest BCUT2D eigenvalue weighted by Crippen LogP contribution is 2.29. The summed E-state index contributed by atoms with van der Waals surface area (Å²) in [7, 11) is 0. The summed E-state index contributed by atoms with van der Waals surface area (Å²) in [5.41, 5.74) is 5.25. The Labute approximate surface area is 150 Å². The van der Waals surface area contributed by atoms with Crippen LogP contribution in [-0.2, 0) is 0 Å². The first-order chi connectivity index (χ1) is 11.9. The van der Waals surface area contributed by atoms with Crippen molar-refractivity contribution in [2.75, 3.05) is 0 Å². The highest BCUT2D eigenvalue weighted by molar-refractivity contribution is 6.17. The van der Waals surface area contributed by atoms with Gasteiger partial charge in [0.2, 0.25) is 0 Å². The van der Waals surface area contributed by atoms with Crippen LogP contribution in [0.3, 0.4) is 0 Å². The van der Waals surface area contributed by atoms with Crippen molar-refractivity contribution < 1.29 is 4.79 Å². The standard InChI is InChI=1S/C24H26O/c1-15(2)18-10-12-22(23(14-18)16(3)4)24(25)21-8-6-7-19-13-17(5)9-11-20(19)21/h6-16H,1-5H3. The van der Waals surface area contributed by atoms with Crippen molar-refractivity contribution in [2.45, 2.75) is 46.5 Å². The van der Waals surface area contributed by atoms with Crippen LogP contribution in [0.25, 0.3) is 10.8 Å². The van der Waals surface area contributed by atoms with Gasteiger partial charge in [0.05, 0.1) is 0 Å². The number of aryl methyl sites for hydroxylation is 1. The highest BCUT2D eigenvalue weighted by atomic mass is 16.1. The zero-order chi connectivity index (χ0) is 18.1. The number of carbonyl (C=O) groups excluding carboxylic acids is 1. The maximum absolute atomic E-state index is 13.4. The van der Waals surface area contributed by atoms with Crippen molar-refractivity contribution in [2.24, 2.45) is 0 Å². The Kier molecular flexibility index (Phi) is 4.76. The van der Waals surface area contributed by atoms with Gasteiger partial charge in [0, 0.05) is 11.1 Å². The summed E-state index contributed by atoms with van der Waals surface area (Å²) in [5.74, 6) is 0.894. The minimum atomic E-state index is 0.119. The Balaban J connectivity index is 2.16. The van der Waals surface area contributed by atoms with Crippen molar-refractivity contribution in [3.8, 4) is 0 Å². The molecule has 0 heterocycles. The van der Waals surface area contributed by atoms with Gasteiger partial charge in [-0.15, -0.1) is 0 Å². The maximum atomic E-state index is 13.4. The van der Waals surface area contributed by atoms with E-state index in [0.717, 1.165) is 27.5 Å². The quantitative estimate of drug-likeness (QED) is 0.491. The fourth-order valence-electron chi connectivity index (χ4n) is 3.37. The van der Waals surface area contributed by atoms with Crippen molar-refractivity contribution in [1.29, 1.82) is 0 Å². The van der Waals surface area contributed by atoms with Gasteiger partial charge in [0.15, 0.2) is 5.78 Å². The molecule has 1 nitrogen and oxygen atoms in total. The molecule has 128 valence electrons. The second kappa shape index (κ2) is 6.84. The number of ketones is 1. The fraction of sp³-hybridized carbons (Fsp3) is 0.292. The first-order valence-electron chi connectivity index (χ1n) is 9.06. The number of rotatable bonds is 4. The van der Waals surface area contributed by atoms with E-state index in [-0.39, 0.29) is 5.78 Å². The summed E-state index contributed by atoms with van der Waals surface area (Å²) >= 11 is 0. The van der Waals surface area contributed by atoms with Gasteiger partial charge in [0.25, 0.3) is 0 Å². The lowest BCUT2D eigenvalue weighted by Gasteiger charge is -2.16. The molecule has 0 saturated carbocycles. The van der Waals surface area contributed by atoms with E-state index < -0.39 is 0 Å². The second-order valence-corrected chi connectivity index (χ2v) is 7.52. The first-order valence-corrected chi connectivity index (χ1v) is 9.06. The van der Waals surface area contributed by atoms with Gasteiger partial charge >= 0.3 is 0 Å². The van der Waals surface area contributed by atoms with E-state index in [1.54, 1.807) is 0 Å². The molecule has 0 radical (unpaired) electrons. The SMILES string of the molecule is Cc1ccc2c(C(=O)c3ccc(C(C)C)cc3C(C)C)cccc2c1. The Bertz CT molecular complexity index is 932. The average molecular weight is 330 g/mol. The van der Waals surface area contributed by atoms with Crippen LogP contribution in [-0.4, -0.2) is 5.78 Å². The molecule has 0 aliphatic carbocycles. The normalized spacial score (nSPS) is 11.5. The predicted octanol–water partition coefficient (Wildman–Crippen LogP) is 6.63. The van der Waals surface area contributed by atoms with Gasteiger partial charge in [-0.3, -0.25) is 4.79 Å². The van der Waals surface area contributed by atoms with Gasteiger partial charge < -0.3 is 0 Å². The molecule has 0 spiro atoms. The third-order valence-corrected chi connectivity index (χ3v) is 4.89. The predicted molar refractivity (Wildman–Crippen MR) is 107 cm³/mol. The molecule has 0 aliphatic rings. The van der Waals surface area contributed by atoms with Crippen LogP contribution in [0, 0.1) is 6.92 Å². The van der Waals surface area contributed by atoms with E-state index in [2.05, 4.69) is 71.0 Å². The van der Waals surface area contributed by atoms with Gasteiger partial charge in [-0.25, -0.2) is 0 Å². The van der Waals surface area contributed by atoms with Crippen LogP contribution >= 0.6 is 0 Å². The van der Waals surface area contributed by atoms with E-state index in [0.29, 0.717) is 11.8 Å². The van der Waals surface area contributed by atoms with E-state index >= 15 is 0 Å². The summed E-state index contributed by atoms with van der Waals surface area (Å²) in [6, 6.07) is 18.6. The smallest absolute Gasteiger partial charge is 0.193 e. The third kappa shape index (κ3) is 3.37. The maximum Gasteiger partial charge on any atom is 0.193 e.